The van der Waals surface area contributed by atoms with Crippen LogP contribution in [0, 0.1) is 0 Å². The summed E-state index contributed by atoms with van der Waals surface area (Å²) in [4.78, 5) is 0. The van der Waals surface area contributed by atoms with Gasteiger partial charge in [-0.3, -0.25) is 0 Å². The predicted octanol–water partition coefficient (Wildman–Crippen LogP) is 2.51. The van der Waals surface area contributed by atoms with Crippen LogP contribution in [-0.2, 0) is 13.0 Å². The topological polar surface area (TPSA) is 12.0 Å². The molecule has 1 aromatic rings. The molecule has 0 aliphatic heterocycles. The third-order valence-corrected chi connectivity index (χ3v) is 1.78. The van der Waals surface area contributed by atoms with Crippen molar-refractivity contribution >= 4 is 0 Å². The van der Waals surface area contributed by atoms with Crippen LogP contribution in [0.2, 0.25) is 0 Å². The standard InChI is InChI=1S/C10H12F3N/c1-14-7-9-4-2-3-8(5-9)6-10(11,12)13/h2-5,14H,6-7H2,1H3. The average Bonchev–Trinajstić information content (AvgIpc) is 2.02. The van der Waals surface area contributed by atoms with Crippen molar-refractivity contribution in [2.24, 2.45) is 0 Å². The van der Waals surface area contributed by atoms with Crippen molar-refractivity contribution in [3.8, 4) is 0 Å². The van der Waals surface area contributed by atoms with Gasteiger partial charge in [0.1, 0.15) is 0 Å². The largest absolute Gasteiger partial charge is 0.393 e. The lowest BCUT2D eigenvalue weighted by Gasteiger charge is -2.07. The van der Waals surface area contributed by atoms with Gasteiger partial charge in [-0.1, -0.05) is 24.3 Å². The Hall–Kier alpha value is -1.03. The van der Waals surface area contributed by atoms with E-state index in [-0.39, 0.29) is 0 Å². The molecule has 1 N–H and O–H groups in total. The summed E-state index contributed by atoms with van der Waals surface area (Å²) in [5, 5.41) is 2.89. The van der Waals surface area contributed by atoms with Gasteiger partial charge in [0.05, 0.1) is 6.42 Å². The Kier molecular flexibility index (Phi) is 3.52. The fraction of sp³-hybridized carbons (Fsp3) is 0.400. The molecular weight excluding hydrogens is 191 g/mol. The van der Waals surface area contributed by atoms with E-state index in [1.807, 2.05) is 0 Å². The molecule has 0 aliphatic carbocycles. The lowest BCUT2D eigenvalue weighted by Crippen LogP contribution is -2.12. The van der Waals surface area contributed by atoms with Gasteiger partial charge < -0.3 is 5.32 Å². The van der Waals surface area contributed by atoms with Crippen molar-refractivity contribution in [3.63, 3.8) is 0 Å². The number of hydrogen-bond donors (Lipinski definition) is 1. The van der Waals surface area contributed by atoms with Gasteiger partial charge in [0.25, 0.3) is 0 Å². The summed E-state index contributed by atoms with van der Waals surface area (Å²) in [6.45, 7) is 0.589. The number of benzene rings is 1. The molecule has 0 aliphatic rings. The van der Waals surface area contributed by atoms with Crippen LogP contribution in [0.5, 0.6) is 0 Å². The normalized spacial score (nSPS) is 11.7. The van der Waals surface area contributed by atoms with E-state index in [9.17, 15) is 13.2 Å². The second kappa shape index (κ2) is 4.46. The maximum absolute atomic E-state index is 12.0. The Morgan fingerprint density at radius 3 is 2.43 bits per heavy atom. The molecule has 0 fully saturated rings. The van der Waals surface area contributed by atoms with Crippen LogP contribution in [0.1, 0.15) is 11.1 Å². The van der Waals surface area contributed by atoms with E-state index in [1.165, 1.54) is 6.07 Å². The summed E-state index contributed by atoms with van der Waals surface area (Å²) >= 11 is 0. The van der Waals surface area contributed by atoms with Crippen LogP contribution in [0.15, 0.2) is 24.3 Å². The summed E-state index contributed by atoms with van der Waals surface area (Å²) in [6.07, 6.45) is -4.98. The average molecular weight is 203 g/mol. The summed E-state index contributed by atoms with van der Waals surface area (Å²) in [5.74, 6) is 0. The monoisotopic (exact) mass is 203 g/mol. The minimum atomic E-state index is -4.13. The molecule has 78 valence electrons. The van der Waals surface area contributed by atoms with Crippen molar-refractivity contribution in [1.82, 2.24) is 5.32 Å². The van der Waals surface area contributed by atoms with Crippen molar-refractivity contribution in [2.75, 3.05) is 7.05 Å². The second-order valence-electron chi connectivity index (χ2n) is 3.14. The van der Waals surface area contributed by atoms with Gasteiger partial charge in [-0.2, -0.15) is 13.2 Å². The Balaban J connectivity index is 2.73. The number of rotatable bonds is 3. The van der Waals surface area contributed by atoms with Gasteiger partial charge in [0, 0.05) is 6.54 Å². The number of halogens is 3. The summed E-state index contributed by atoms with van der Waals surface area (Å²) in [5.41, 5.74) is 1.18. The fourth-order valence-electron chi connectivity index (χ4n) is 1.29. The van der Waals surface area contributed by atoms with E-state index < -0.39 is 12.6 Å². The minimum absolute atomic E-state index is 0.310. The zero-order chi connectivity index (χ0) is 10.6. The first-order valence-electron chi connectivity index (χ1n) is 4.30. The first-order valence-corrected chi connectivity index (χ1v) is 4.30. The van der Waals surface area contributed by atoms with E-state index in [4.69, 9.17) is 0 Å². The first-order chi connectivity index (χ1) is 6.51. The van der Waals surface area contributed by atoms with E-state index in [2.05, 4.69) is 5.32 Å². The molecule has 14 heavy (non-hydrogen) atoms. The zero-order valence-electron chi connectivity index (χ0n) is 7.86. The highest BCUT2D eigenvalue weighted by atomic mass is 19.4. The smallest absolute Gasteiger partial charge is 0.316 e. The van der Waals surface area contributed by atoms with Gasteiger partial charge >= 0.3 is 6.18 Å². The van der Waals surface area contributed by atoms with Gasteiger partial charge in [0.2, 0.25) is 0 Å². The number of hydrogen-bond acceptors (Lipinski definition) is 1. The highest BCUT2D eigenvalue weighted by molar-refractivity contribution is 5.24. The molecule has 0 heterocycles. The molecule has 0 spiro atoms. The van der Waals surface area contributed by atoms with Crippen LogP contribution in [0.25, 0.3) is 0 Å². The van der Waals surface area contributed by atoms with Gasteiger partial charge in [0.15, 0.2) is 0 Å². The molecule has 1 nitrogen and oxygen atoms in total. The molecule has 0 unspecified atom stereocenters. The number of alkyl halides is 3. The molecule has 0 bridgehead atoms. The van der Waals surface area contributed by atoms with Crippen LogP contribution in [0.3, 0.4) is 0 Å². The first kappa shape index (κ1) is 11.0. The Bertz CT molecular complexity index is 294. The molecule has 0 amide bonds. The fourth-order valence-corrected chi connectivity index (χ4v) is 1.29. The lowest BCUT2D eigenvalue weighted by molar-refractivity contribution is -0.127. The quantitative estimate of drug-likeness (QED) is 0.795. The van der Waals surface area contributed by atoms with Crippen LogP contribution in [0.4, 0.5) is 13.2 Å². The highest BCUT2D eigenvalue weighted by Gasteiger charge is 2.27. The van der Waals surface area contributed by atoms with Crippen molar-refractivity contribution in [2.45, 2.75) is 19.1 Å². The Labute approximate surface area is 80.9 Å². The molecule has 0 saturated carbocycles. The molecular formula is C10H12F3N. The molecule has 1 aromatic carbocycles. The van der Waals surface area contributed by atoms with Crippen LogP contribution >= 0.6 is 0 Å². The van der Waals surface area contributed by atoms with Crippen LogP contribution < -0.4 is 5.32 Å². The van der Waals surface area contributed by atoms with Crippen LogP contribution in [-0.4, -0.2) is 13.2 Å². The molecule has 0 radical (unpaired) electrons. The van der Waals surface area contributed by atoms with E-state index in [0.717, 1.165) is 5.56 Å². The lowest BCUT2D eigenvalue weighted by atomic mass is 10.1. The summed E-state index contributed by atoms with van der Waals surface area (Å²) in [7, 11) is 1.76. The molecule has 0 atom stereocenters. The molecule has 4 heteroatoms. The van der Waals surface area contributed by atoms with Gasteiger partial charge in [-0.15, -0.1) is 0 Å². The van der Waals surface area contributed by atoms with Crippen molar-refractivity contribution in [3.05, 3.63) is 35.4 Å². The minimum Gasteiger partial charge on any atom is -0.316 e. The summed E-state index contributed by atoms with van der Waals surface area (Å²) < 4.78 is 36.1. The Morgan fingerprint density at radius 2 is 1.86 bits per heavy atom. The predicted molar refractivity (Wildman–Crippen MR) is 49.0 cm³/mol. The maximum atomic E-state index is 12.0. The Morgan fingerprint density at radius 1 is 1.21 bits per heavy atom. The second-order valence-corrected chi connectivity index (χ2v) is 3.14. The van der Waals surface area contributed by atoms with Gasteiger partial charge in [-0.05, 0) is 18.2 Å². The summed E-state index contributed by atoms with van der Waals surface area (Å²) in [6, 6.07) is 6.51. The zero-order valence-corrected chi connectivity index (χ0v) is 7.86. The van der Waals surface area contributed by atoms with Gasteiger partial charge in [-0.25, -0.2) is 0 Å². The highest BCUT2D eigenvalue weighted by Crippen LogP contribution is 2.21. The molecule has 1 rings (SSSR count). The van der Waals surface area contributed by atoms with E-state index >= 15 is 0 Å². The molecule has 0 aromatic heterocycles. The SMILES string of the molecule is CNCc1cccc(CC(F)(F)F)c1. The third kappa shape index (κ3) is 3.79. The molecule has 0 saturated heterocycles. The third-order valence-electron chi connectivity index (χ3n) is 1.78. The van der Waals surface area contributed by atoms with E-state index in [0.29, 0.717) is 12.1 Å². The van der Waals surface area contributed by atoms with E-state index in [1.54, 1.807) is 25.2 Å². The van der Waals surface area contributed by atoms with Crippen molar-refractivity contribution in [1.29, 1.82) is 0 Å². The maximum Gasteiger partial charge on any atom is 0.393 e. The van der Waals surface area contributed by atoms with Crippen molar-refractivity contribution < 1.29 is 13.2 Å². The number of nitrogens with one attached hydrogen (secondary N) is 1.